The summed E-state index contributed by atoms with van der Waals surface area (Å²) in [5.74, 6) is -2.78. The lowest BCUT2D eigenvalue weighted by Crippen LogP contribution is -2.66. The number of phosphoric acid groups is 6. The van der Waals surface area contributed by atoms with Crippen LogP contribution in [0.25, 0.3) is 0 Å². The normalized spacial score (nSPS) is 28.5. The van der Waals surface area contributed by atoms with Gasteiger partial charge in [0, 0.05) is 0 Å². The molecule has 1 aliphatic carbocycles. The Morgan fingerprint density at radius 3 is 0.854 bits per heavy atom. The molecule has 0 aromatic heterocycles. The average Bonchev–Trinajstić information content (AvgIpc) is 3.08. The summed E-state index contributed by atoms with van der Waals surface area (Å²) >= 11 is 0. The Bertz CT molecular complexity index is 1220. The van der Waals surface area contributed by atoms with Gasteiger partial charge in [-0.1, -0.05) is 0 Å². The van der Waals surface area contributed by atoms with Crippen molar-refractivity contribution in [1.29, 1.82) is 0 Å². The van der Waals surface area contributed by atoms with Crippen LogP contribution in [0.3, 0.4) is 0 Å². The van der Waals surface area contributed by atoms with Crippen LogP contribution in [-0.2, 0) is 64.1 Å². The topological polar surface area (TPSA) is 508 Å². The Hall–Kier alpha value is -0.610. The summed E-state index contributed by atoms with van der Waals surface area (Å²) in [6, 6.07) is 0. The molecule has 1 saturated carbocycles. The fourth-order valence-electron chi connectivity index (χ4n) is 3.62. The molecular formula is C12H26O30P6. The number of hydrogen-bond acceptors (Lipinski definition) is 18. The third-order valence-corrected chi connectivity index (χ3v) is 8.08. The number of ether oxygens (including phenoxy) is 1. The first-order chi connectivity index (χ1) is 21.1. The number of rotatable bonds is 14. The molecule has 30 nitrogen and oxygen atoms in total. The number of hydrogen-bond donors (Lipinski definition) is 16. The van der Waals surface area contributed by atoms with Gasteiger partial charge in [-0.25, -0.2) is 32.2 Å². The number of phosphoric ester groups is 6. The molecule has 1 fully saturated rings. The van der Waals surface area contributed by atoms with Gasteiger partial charge in [0.15, 0.2) is 11.9 Å². The van der Waals surface area contributed by atoms with E-state index in [0.29, 0.717) is 0 Å². The van der Waals surface area contributed by atoms with E-state index < -0.39 is 120 Å². The van der Waals surface area contributed by atoms with E-state index in [1.807, 2.05) is 0 Å². The smallest absolute Gasteiger partial charge is 0.470 e. The van der Waals surface area contributed by atoms with E-state index in [4.69, 9.17) is 79.1 Å². The summed E-state index contributed by atoms with van der Waals surface area (Å²) in [6.45, 7) is -0.671. The molecule has 2 rings (SSSR count). The van der Waals surface area contributed by atoms with Gasteiger partial charge in [-0.2, -0.15) is 0 Å². The molecule has 1 aliphatic heterocycles. The van der Waals surface area contributed by atoms with Crippen LogP contribution in [0.2, 0.25) is 0 Å². The predicted octanol–water partition coefficient (Wildman–Crippen LogP) is -4.54. The maximum Gasteiger partial charge on any atom is 0.470 e. The van der Waals surface area contributed by atoms with Crippen LogP contribution in [0.5, 0.6) is 0 Å². The minimum atomic E-state index is -6.02. The molecule has 0 bridgehead atoms. The average molecular weight is 836 g/mol. The first-order valence-electron chi connectivity index (χ1n) is 11.2. The lowest BCUT2D eigenvalue weighted by molar-refractivity contribution is -0.202. The van der Waals surface area contributed by atoms with E-state index in [9.17, 15) is 32.2 Å². The molecule has 2 atom stereocenters. The first-order valence-corrected chi connectivity index (χ1v) is 20.4. The minimum Gasteiger partial charge on any atom is -0.505 e. The number of cyclic esters (lactones) is 1. The van der Waals surface area contributed by atoms with Crippen LogP contribution >= 0.6 is 46.9 Å². The highest BCUT2D eigenvalue weighted by Crippen LogP contribution is 2.57. The zero-order chi connectivity index (χ0) is 38.0. The second-order valence-corrected chi connectivity index (χ2v) is 15.8. The molecule has 0 unspecified atom stereocenters. The number of carbonyl (C=O) groups is 1. The van der Waals surface area contributed by atoms with E-state index in [1.165, 1.54) is 0 Å². The maximum absolute atomic E-state index is 11.4. The molecule has 48 heavy (non-hydrogen) atoms. The summed E-state index contributed by atoms with van der Waals surface area (Å²) in [5.41, 5.74) is 0. The fraction of sp³-hybridized carbons (Fsp3) is 0.750. The number of esters is 1. The van der Waals surface area contributed by atoms with E-state index in [-0.39, 0.29) is 0 Å². The van der Waals surface area contributed by atoms with Crippen molar-refractivity contribution in [2.45, 2.75) is 48.8 Å². The molecule has 0 aromatic carbocycles. The van der Waals surface area contributed by atoms with Gasteiger partial charge in [0.05, 0.1) is 6.61 Å². The SMILES string of the molecule is O=C1O[C@H]([C@@H](O)CO)C(O)=C1O.O=P(O)(O)OC1C(OP(=O)(O)O)C(OP(=O)(O)O)C(OP(=O)(O)O)C(OP(=O)(O)O)C1OP(=O)(O)O. The fourth-order valence-corrected chi connectivity index (χ4v) is 6.96. The summed E-state index contributed by atoms with van der Waals surface area (Å²) in [4.78, 5) is 120. The van der Waals surface area contributed by atoms with E-state index in [2.05, 4.69) is 31.9 Å². The maximum atomic E-state index is 11.4. The van der Waals surface area contributed by atoms with Gasteiger partial charge in [-0.15, -0.1) is 0 Å². The molecule has 0 spiro atoms. The summed E-state index contributed by atoms with van der Waals surface area (Å²) in [6.07, 6.45) is -21.6. The second kappa shape index (κ2) is 16.4. The zero-order valence-electron chi connectivity index (χ0n) is 22.4. The van der Waals surface area contributed by atoms with Gasteiger partial charge in [0.25, 0.3) is 0 Å². The highest BCUT2D eigenvalue weighted by Gasteiger charge is 2.62. The van der Waals surface area contributed by atoms with Gasteiger partial charge in [0.1, 0.15) is 42.7 Å². The molecule has 284 valence electrons. The van der Waals surface area contributed by atoms with Crippen molar-refractivity contribution in [2.75, 3.05) is 6.61 Å². The van der Waals surface area contributed by atoms with Crippen molar-refractivity contribution < 1.29 is 143 Å². The molecule has 36 heteroatoms. The molecule has 16 N–H and O–H groups in total. The predicted molar refractivity (Wildman–Crippen MR) is 137 cm³/mol. The Balaban J connectivity index is 0.000000800. The van der Waals surface area contributed by atoms with Crippen molar-refractivity contribution in [1.82, 2.24) is 0 Å². The molecule has 0 amide bonds. The van der Waals surface area contributed by atoms with Crippen molar-refractivity contribution in [3.05, 3.63) is 11.5 Å². The van der Waals surface area contributed by atoms with Crippen molar-refractivity contribution in [3.63, 3.8) is 0 Å². The monoisotopic (exact) mass is 836 g/mol. The summed E-state index contributed by atoms with van der Waals surface area (Å²) in [5, 5.41) is 35.0. The standard InChI is InChI=1S/C6H18O24P6.C6H8O6/c7-31(8,9)25-1-2(26-32(10,11)12)4(28-34(16,17)18)6(30-36(22,23)24)5(29-35(19,20)21)3(1)27-33(13,14)15;7-1-2(8)5-3(9)4(10)6(11)12-5/h1-6H,(H2,7,8,9)(H2,10,11,12)(H2,13,14,15)(H2,16,17,18)(H2,19,20,21)(H2,22,23,24);2,5,7-10H,1H2/t;2-,5+/m.0/s1. The summed E-state index contributed by atoms with van der Waals surface area (Å²) in [7, 11) is -36.1. The van der Waals surface area contributed by atoms with Crippen molar-refractivity contribution in [2.24, 2.45) is 0 Å². The quantitative estimate of drug-likeness (QED) is 0.0579. The van der Waals surface area contributed by atoms with Crippen LogP contribution in [0.1, 0.15) is 0 Å². The zero-order valence-corrected chi connectivity index (χ0v) is 27.7. The van der Waals surface area contributed by atoms with Gasteiger partial charge in [-0.3, -0.25) is 27.1 Å². The lowest BCUT2D eigenvalue weighted by atomic mass is 9.85. The molecule has 0 aromatic rings. The molecule has 0 radical (unpaired) electrons. The first kappa shape index (κ1) is 45.4. The van der Waals surface area contributed by atoms with Gasteiger partial charge < -0.3 is 83.9 Å². The van der Waals surface area contributed by atoms with Crippen molar-refractivity contribution >= 4 is 52.9 Å². The van der Waals surface area contributed by atoms with Crippen LogP contribution in [0.15, 0.2) is 11.5 Å². The minimum absolute atomic E-state index is 0.671. The third kappa shape index (κ3) is 15.7. The Morgan fingerprint density at radius 1 is 0.521 bits per heavy atom. The van der Waals surface area contributed by atoms with Gasteiger partial charge in [0.2, 0.25) is 5.76 Å². The van der Waals surface area contributed by atoms with Gasteiger partial charge >= 0.3 is 52.9 Å². The third-order valence-electron chi connectivity index (χ3n) is 4.97. The van der Waals surface area contributed by atoms with E-state index in [1.54, 1.807) is 0 Å². The lowest BCUT2D eigenvalue weighted by Gasteiger charge is -2.48. The van der Waals surface area contributed by atoms with Crippen LogP contribution < -0.4 is 0 Å². The largest absolute Gasteiger partial charge is 0.505 e. The second-order valence-electron chi connectivity index (χ2n) is 8.67. The Kier molecular flexibility index (Phi) is 15.5. The molecule has 1 heterocycles. The molecule has 2 aliphatic rings. The highest BCUT2D eigenvalue weighted by atomic mass is 31.2. The highest BCUT2D eigenvalue weighted by molar-refractivity contribution is 7.47. The summed E-state index contributed by atoms with van der Waals surface area (Å²) < 4.78 is 97.5. The van der Waals surface area contributed by atoms with Crippen LogP contribution in [0.4, 0.5) is 0 Å². The van der Waals surface area contributed by atoms with Crippen molar-refractivity contribution in [3.8, 4) is 0 Å². The number of carbonyl (C=O) groups excluding carboxylic acids is 1. The van der Waals surface area contributed by atoms with E-state index in [0.717, 1.165) is 0 Å². The van der Waals surface area contributed by atoms with E-state index >= 15 is 0 Å². The van der Waals surface area contributed by atoms with Gasteiger partial charge in [-0.05, 0) is 0 Å². The van der Waals surface area contributed by atoms with Crippen LogP contribution in [0, 0.1) is 0 Å². The Labute approximate surface area is 263 Å². The Morgan fingerprint density at radius 2 is 0.729 bits per heavy atom. The molecular weight excluding hydrogens is 810 g/mol. The van der Waals surface area contributed by atoms with Crippen LogP contribution in [-0.4, -0.2) is 141 Å². The number of aliphatic hydroxyl groups excluding tert-OH is 4. The number of aliphatic hydroxyl groups is 4. The molecule has 0 saturated heterocycles.